The first-order valence-electron chi connectivity index (χ1n) is 17.2. The Labute approximate surface area is 300 Å². The van der Waals surface area contributed by atoms with E-state index in [2.05, 4.69) is 10.6 Å². The Morgan fingerprint density at radius 1 is 0.808 bits per heavy atom. The molecule has 3 aliphatic rings. The molecule has 52 heavy (non-hydrogen) atoms. The number of hydrogen-bond donors (Lipinski definition) is 11. The van der Waals surface area contributed by atoms with Crippen LogP contribution in [-0.2, 0) is 44.4 Å². The zero-order valence-electron chi connectivity index (χ0n) is 29.4. The molecule has 296 valence electrons. The largest absolute Gasteiger partial charge is 0.504 e. The second-order valence-corrected chi connectivity index (χ2v) is 13.6. The van der Waals surface area contributed by atoms with Crippen molar-refractivity contribution in [2.45, 2.75) is 138 Å². The van der Waals surface area contributed by atoms with Crippen LogP contribution in [0.5, 0.6) is 11.5 Å². The maximum Gasteiger partial charge on any atom is 0.220 e. The van der Waals surface area contributed by atoms with Gasteiger partial charge in [-0.15, -0.1) is 0 Å². The van der Waals surface area contributed by atoms with Gasteiger partial charge in [-0.2, -0.15) is 0 Å². The normalized spacial score (nSPS) is 38.2. The van der Waals surface area contributed by atoms with E-state index in [-0.39, 0.29) is 24.3 Å². The molecule has 3 fully saturated rings. The molecule has 19 heteroatoms. The van der Waals surface area contributed by atoms with Gasteiger partial charge >= 0.3 is 0 Å². The van der Waals surface area contributed by atoms with Crippen molar-refractivity contribution in [2.24, 2.45) is 5.73 Å². The fourth-order valence-corrected chi connectivity index (χ4v) is 6.64. The smallest absolute Gasteiger partial charge is 0.220 e. The lowest BCUT2D eigenvalue weighted by molar-refractivity contribution is -0.346. The van der Waals surface area contributed by atoms with Crippen LogP contribution >= 0.6 is 0 Å². The van der Waals surface area contributed by atoms with E-state index >= 15 is 0 Å². The predicted octanol–water partition coefficient (Wildman–Crippen LogP) is -3.79. The zero-order chi connectivity index (χ0) is 38.4. The minimum atomic E-state index is -1.66. The molecule has 3 aliphatic heterocycles. The Bertz CT molecular complexity index is 1320. The van der Waals surface area contributed by atoms with Crippen LogP contribution in [0.2, 0.25) is 0 Å². The van der Waals surface area contributed by atoms with Crippen molar-refractivity contribution in [2.75, 3.05) is 19.8 Å². The number of nitrogens with two attached hydrogens (primary N) is 1. The molecular weight excluding hydrogens is 694 g/mol. The van der Waals surface area contributed by atoms with Crippen molar-refractivity contribution in [3.8, 4) is 11.5 Å². The summed E-state index contributed by atoms with van der Waals surface area (Å²) in [5.41, 5.74) is 6.88. The molecule has 4 rings (SSSR count). The minimum absolute atomic E-state index is 0.134. The average molecular weight is 748 g/mol. The highest BCUT2D eigenvalue weighted by Gasteiger charge is 2.53. The standard InChI is InChI=1S/C33H53N3O16/c1-13(2)47-30-21(12-39)50-33(25(28(30)46)36-22(43)8-6-16-5-7-17(41)18(42)9-16)52-29-20(11-38)49-32(23(34)26(29)44)51-31-19(10-37)48-14(3)24(27(31)45)35-15(4)40/h5,7,9,13-14,19-21,23-33,37-39,41-42,44-46H,6,8,10-12,34H2,1-4H3,(H,35,40)(H,36,43). The summed E-state index contributed by atoms with van der Waals surface area (Å²) in [4.78, 5) is 25.0. The number of rotatable bonds is 14. The van der Waals surface area contributed by atoms with Crippen molar-refractivity contribution in [3.63, 3.8) is 0 Å². The van der Waals surface area contributed by atoms with Gasteiger partial charge in [0.2, 0.25) is 11.8 Å². The number of hydrogen-bond acceptors (Lipinski definition) is 17. The molecule has 15 unspecified atom stereocenters. The molecule has 15 atom stereocenters. The first kappa shape index (κ1) is 42.0. The van der Waals surface area contributed by atoms with Gasteiger partial charge < -0.3 is 85.6 Å². The lowest BCUT2D eigenvalue weighted by Gasteiger charge is -2.49. The molecule has 0 spiro atoms. The number of phenolic OH excluding ortho intramolecular Hbond substituents is 2. The van der Waals surface area contributed by atoms with E-state index in [9.17, 15) is 50.4 Å². The Hall–Kier alpha value is -2.76. The maximum atomic E-state index is 13.2. The summed E-state index contributed by atoms with van der Waals surface area (Å²) in [5.74, 6) is -1.71. The SMILES string of the molecule is CC(=O)NC1C(C)OC(CO)C(OC2OC(CO)C(OC3OC(CO)C(OC(C)C)C(O)C3NC(=O)CCc3ccc(O)c(O)c3)C(O)C2N)C1O. The number of benzene rings is 1. The van der Waals surface area contributed by atoms with Gasteiger partial charge in [0.05, 0.1) is 44.1 Å². The maximum absolute atomic E-state index is 13.2. The van der Waals surface area contributed by atoms with Crippen LogP contribution in [0.25, 0.3) is 0 Å². The third kappa shape index (κ3) is 9.85. The van der Waals surface area contributed by atoms with E-state index in [0.717, 1.165) is 0 Å². The van der Waals surface area contributed by atoms with Crippen molar-refractivity contribution in [1.82, 2.24) is 10.6 Å². The summed E-state index contributed by atoms with van der Waals surface area (Å²) in [5, 5.41) is 89.1. The van der Waals surface area contributed by atoms with Gasteiger partial charge in [0.25, 0.3) is 0 Å². The summed E-state index contributed by atoms with van der Waals surface area (Å²) >= 11 is 0. The van der Waals surface area contributed by atoms with Crippen LogP contribution in [0.1, 0.15) is 39.7 Å². The molecule has 3 heterocycles. The lowest BCUT2D eigenvalue weighted by atomic mass is 9.92. The monoisotopic (exact) mass is 747 g/mol. The highest BCUT2D eigenvalue weighted by molar-refractivity contribution is 5.76. The molecule has 19 nitrogen and oxygen atoms in total. The van der Waals surface area contributed by atoms with Crippen molar-refractivity contribution in [1.29, 1.82) is 0 Å². The molecule has 0 aliphatic carbocycles. The molecule has 3 saturated heterocycles. The summed E-state index contributed by atoms with van der Waals surface area (Å²) in [6, 6.07) is 0.418. The Balaban J connectivity index is 1.52. The van der Waals surface area contributed by atoms with E-state index < -0.39 is 129 Å². The lowest BCUT2D eigenvalue weighted by Crippen LogP contribution is -2.70. The van der Waals surface area contributed by atoms with Gasteiger partial charge in [-0.3, -0.25) is 9.59 Å². The summed E-state index contributed by atoms with van der Waals surface area (Å²) in [6.45, 7) is 4.28. The van der Waals surface area contributed by atoms with E-state index in [1.165, 1.54) is 25.1 Å². The topological polar surface area (TPSA) is 301 Å². The highest BCUT2D eigenvalue weighted by atomic mass is 16.7. The highest BCUT2D eigenvalue weighted by Crippen LogP contribution is 2.33. The fourth-order valence-electron chi connectivity index (χ4n) is 6.64. The van der Waals surface area contributed by atoms with Gasteiger partial charge in [-0.1, -0.05) is 6.07 Å². The van der Waals surface area contributed by atoms with Gasteiger partial charge in [-0.25, -0.2) is 0 Å². The van der Waals surface area contributed by atoms with Gasteiger partial charge in [0.15, 0.2) is 24.1 Å². The Morgan fingerprint density at radius 3 is 1.96 bits per heavy atom. The van der Waals surface area contributed by atoms with Crippen molar-refractivity contribution in [3.05, 3.63) is 23.8 Å². The number of carbonyl (C=O) groups is 2. The number of aromatic hydroxyl groups is 2. The summed E-state index contributed by atoms with van der Waals surface area (Å²) < 4.78 is 35.5. The van der Waals surface area contributed by atoms with E-state index in [1.54, 1.807) is 20.8 Å². The van der Waals surface area contributed by atoms with E-state index in [1.807, 2.05) is 0 Å². The molecular formula is C33H53N3O16. The molecule has 0 saturated carbocycles. The number of aryl methyl sites for hydroxylation is 1. The van der Waals surface area contributed by atoms with Crippen LogP contribution in [-0.4, -0.2) is 170 Å². The van der Waals surface area contributed by atoms with Gasteiger partial charge in [0.1, 0.15) is 61.0 Å². The van der Waals surface area contributed by atoms with Gasteiger partial charge in [-0.05, 0) is 44.9 Å². The number of aliphatic hydroxyl groups is 6. The van der Waals surface area contributed by atoms with Crippen LogP contribution in [0.15, 0.2) is 18.2 Å². The number of aliphatic hydroxyl groups excluding tert-OH is 6. The van der Waals surface area contributed by atoms with Crippen molar-refractivity contribution >= 4 is 11.8 Å². The molecule has 1 aromatic carbocycles. The summed E-state index contributed by atoms with van der Waals surface area (Å²) in [7, 11) is 0. The first-order valence-corrected chi connectivity index (χ1v) is 17.2. The van der Waals surface area contributed by atoms with Crippen LogP contribution < -0.4 is 16.4 Å². The second-order valence-electron chi connectivity index (χ2n) is 13.6. The third-order valence-corrected chi connectivity index (χ3v) is 9.29. The van der Waals surface area contributed by atoms with Crippen LogP contribution in [0.4, 0.5) is 0 Å². The second kappa shape index (κ2) is 18.5. The van der Waals surface area contributed by atoms with Crippen LogP contribution in [0.3, 0.4) is 0 Å². The van der Waals surface area contributed by atoms with Crippen molar-refractivity contribution < 1.29 is 78.9 Å². The zero-order valence-corrected chi connectivity index (χ0v) is 29.4. The number of phenols is 2. The molecule has 0 bridgehead atoms. The quantitative estimate of drug-likeness (QED) is 0.0814. The summed E-state index contributed by atoms with van der Waals surface area (Å²) in [6.07, 6.45) is -16.3. The molecule has 1 aromatic rings. The fraction of sp³-hybridized carbons (Fsp3) is 0.758. The molecule has 12 N–H and O–H groups in total. The van der Waals surface area contributed by atoms with Crippen LogP contribution in [0, 0.1) is 0 Å². The van der Waals surface area contributed by atoms with Gasteiger partial charge in [0, 0.05) is 13.3 Å². The Kier molecular flexibility index (Phi) is 15.0. The molecule has 0 aromatic heterocycles. The Morgan fingerprint density at radius 2 is 1.37 bits per heavy atom. The number of carbonyl (C=O) groups excluding carboxylic acids is 2. The molecule has 0 radical (unpaired) electrons. The number of nitrogens with one attached hydrogen (secondary N) is 2. The van der Waals surface area contributed by atoms with E-state index in [4.69, 9.17) is 34.2 Å². The van der Waals surface area contributed by atoms with E-state index in [0.29, 0.717) is 5.56 Å². The minimum Gasteiger partial charge on any atom is -0.504 e. The first-order chi connectivity index (χ1) is 24.6. The molecule has 2 amide bonds. The average Bonchev–Trinajstić information content (AvgIpc) is 3.09. The number of ether oxygens (including phenoxy) is 6. The third-order valence-electron chi connectivity index (χ3n) is 9.29. The predicted molar refractivity (Wildman–Crippen MR) is 176 cm³/mol. The number of amides is 2.